The molecule has 2 aromatic heterocycles. The number of aryl methyl sites for hydroxylation is 2. The molecule has 0 fully saturated rings. The Balaban J connectivity index is 1.68. The van der Waals surface area contributed by atoms with E-state index in [9.17, 15) is 4.79 Å². The van der Waals surface area contributed by atoms with Gasteiger partial charge in [0, 0.05) is 11.1 Å². The van der Waals surface area contributed by atoms with E-state index >= 15 is 0 Å². The van der Waals surface area contributed by atoms with Crippen LogP contribution in [0, 0.1) is 13.8 Å². The predicted octanol–water partition coefficient (Wildman–Crippen LogP) is 5.90. The Hall–Kier alpha value is -2.57. The van der Waals surface area contributed by atoms with Crippen LogP contribution < -0.4 is 9.47 Å². The summed E-state index contributed by atoms with van der Waals surface area (Å²) in [6.45, 7) is 6.14. The van der Waals surface area contributed by atoms with Gasteiger partial charge in [0.15, 0.2) is 6.10 Å². The number of aliphatic carboxylic acids is 1. The summed E-state index contributed by atoms with van der Waals surface area (Å²) in [4.78, 5) is 17.7. The molecule has 0 amide bonds. The number of carboxylic acid groups (broad SMARTS) is 1. The third-order valence-corrected chi connectivity index (χ3v) is 5.89. The summed E-state index contributed by atoms with van der Waals surface area (Å²) in [7, 11) is 0. The third kappa shape index (κ3) is 5.28. The van der Waals surface area contributed by atoms with Gasteiger partial charge in [-0.1, -0.05) is 18.5 Å². The zero-order valence-corrected chi connectivity index (χ0v) is 18.0. The summed E-state index contributed by atoms with van der Waals surface area (Å²) >= 11 is 7.55. The van der Waals surface area contributed by atoms with E-state index in [1.54, 1.807) is 36.6 Å². The number of ether oxygens (including phenoxy) is 2. The maximum atomic E-state index is 11.2. The maximum absolute atomic E-state index is 11.2. The molecule has 2 heterocycles. The van der Waals surface area contributed by atoms with Gasteiger partial charge in [0.2, 0.25) is 0 Å². The standard InChI is InChI=1S/C22H22ClNO4S/c1-4-18(22(25)26)28-19-8-6-16(9-13(19)2)27-12-21-14(3)10-20(29-21)17-7-5-15(23)11-24-17/h5-11,18H,4,12H2,1-3H3,(H,25,26). The smallest absolute Gasteiger partial charge is 0.344 e. The van der Waals surface area contributed by atoms with Crippen molar-refractivity contribution in [2.75, 3.05) is 0 Å². The minimum absolute atomic E-state index is 0.398. The Morgan fingerprint density at radius 1 is 1.21 bits per heavy atom. The van der Waals surface area contributed by atoms with Gasteiger partial charge in [-0.25, -0.2) is 4.79 Å². The number of halogens is 1. The van der Waals surface area contributed by atoms with Gasteiger partial charge in [-0.3, -0.25) is 4.98 Å². The highest BCUT2D eigenvalue weighted by Crippen LogP contribution is 2.32. The molecule has 0 aliphatic carbocycles. The van der Waals surface area contributed by atoms with E-state index in [1.165, 1.54) is 0 Å². The maximum Gasteiger partial charge on any atom is 0.344 e. The molecule has 0 spiro atoms. The fourth-order valence-electron chi connectivity index (χ4n) is 2.77. The minimum Gasteiger partial charge on any atom is -0.488 e. The number of pyridine rings is 1. The van der Waals surface area contributed by atoms with Gasteiger partial charge in [-0.2, -0.15) is 0 Å². The van der Waals surface area contributed by atoms with E-state index in [4.69, 9.17) is 26.2 Å². The first kappa shape index (κ1) is 21.1. The molecule has 3 rings (SSSR count). The highest BCUT2D eigenvalue weighted by molar-refractivity contribution is 7.15. The fourth-order valence-corrected chi connectivity index (χ4v) is 3.94. The van der Waals surface area contributed by atoms with Gasteiger partial charge < -0.3 is 14.6 Å². The van der Waals surface area contributed by atoms with Crippen LogP contribution in [-0.2, 0) is 11.4 Å². The molecule has 1 N–H and O–H groups in total. The van der Waals surface area contributed by atoms with Crippen molar-refractivity contribution in [1.82, 2.24) is 4.98 Å². The van der Waals surface area contributed by atoms with Crippen LogP contribution in [0.2, 0.25) is 5.02 Å². The zero-order valence-electron chi connectivity index (χ0n) is 16.4. The van der Waals surface area contributed by atoms with Crippen molar-refractivity contribution in [3.05, 3.63) is 63.6 Å². The summed E-state index contributed by atoms with van der Waals surface area (Å²) in [6.07, 6.45) is 1.19. The SMILES string of the molecule is CCC(Oc1ccc(OCc2sc(-c3ccc(Cl)cn3)cc2C)cc1C)C(=O)O. The molecule has 0 aliphatic heterocycles. The number of carbonyl (C=O) groups is 1. The van der Waals surface area contributed by atoms with Crippen molar-refractivity contribution in [1.29, 1.82) is 0 Å². The molecule has 152 valence electrons. The highest BCUT2D eigenvalue weighted by Gasteiger charge is 2.18. The predicted molar refractivity (Wildman–Crippen MR) is 115 cm³/mol. The number of rotatable bonds is 8. The number of aromatic nitrogens is 1. The Morgan fingerprint density at radius 3 is 2.62 bits per heavy atom. The van der Waals surface area contributed by atoms with Crippen molar-refractivity contribution in [2.45, 2.75) is 39.9 Å². The van der Waals surface area contributed by atoms with Crippen LogP contribution in [-0.4, -0.2) is 22.2 Å². The number of thiophene rings is 1. The lowest BCUT2D eigenvalue weighted by Gasteiger charge is -2.16. The van der Waals surface area contributed by atoms with E-state index in [0.717, 1.165) is 26.6 Å². The number of hydrogen-bond donors (Lipinski definition) is 1. The second-order valence-corrected chi connectivity index (χ2v) is 8.22. The Morgan fingerprint density at radius 2 is 2.00 bits per heavy atom. The summed E-state index contributed by atoms with van der Waals surface area (Å²) in [5.41, 5.74) is 2.86. The first-order chi connectivity index (χ1) is 13.9. The molecule has 5 nitrogen and oxygen atoms in total. The third-order valence-electron chi connectivity index (χ3n) is 4.43. The van der Waals surface area contributed by atoms with Crippen LogP contribution in [0.5, 0.6) is 11.5 Å². The molecule has 0 bridgehead atoms. The summed E-state index contributed by atoms with van der Waals surface area (Å²) in [5, 5.41) is 9.77. The average molecular weight is 432 g/mol. The monoisotopic (exact) mass is 431 g/mol. The second kappa shape index (κ2) is 9.29. The lowest BCUT2D eigenvalue weighted by atomic mass is 10.2. The van der Waals surface area contributed by atoms with Crippen molar-refractivity contribution in [3.8, 4) is 22.1 Å². The van der Waals surface area contributed by atoms with E-state index in [1.807, 2.05) is 32.0 Å². The van der Waals surface area contributed by atoms with E-state index in [-0.39, 0.29) is 0 Å². The van der Waals surface area contributed by atoms with E-state index < -0.39 is 12.1 Å². The van der Waals surface area contributed by atoms with Crippen molar-refractivity contribution in [2.24, 2.45) is 0 Å². The molecule has 3 aromatic rings. The molecule has 0 aliphatic rings. The van der Waals surface area contributed by atoms with E-state index in [2.05, 4.69) is 11.1 Å². The average Bonchev–Trinajstić information content (AvgIpc) is 3.06. The summed E-state index contributed by atoms with van der Waals surface area (Å²) in [5.74, 6) is 0.290. The number of nitrogens with zero attached hydrogens (tertiary/aromatic N) is 1. The highest BCUT2D eigenvalue weighted by atomic mass is 35.5. The van der Waals surface area contributed by atoms with Crippen LogP contribution in [0.25, 0.3) is 10.6 Å². The normalized spacial score (nSPS) is 11.9. The lowest BCUT2D eigenvalue weighted by molar-refractivity contribution is -0.145. The lowest BCUT2D eigenvalue weighted by Crippen LogP contribution is -2.26. The van der Waals surface area contributed by atoms with Crippen molar-refractivity contribution >= 4 is 28.9 Å². The first-order valence-electron chi connectivity index (χ1n) is 9.21. The molecular formula is C22H22ClNO4S. The molecule has 0 saturated carbocycles. The molecule has 7 heteroatoms. The van der Waals surface area contributed by atoms with Crippen LogP contribution in [0.15, 0.2) is 42.6 Å². The van der Waals surface area contributed by atoms with E-state index in [0.29, 0.717) is 29.5 Å². The Kier molecular flexibility index (Phi) is 6.77. The fraction of sp³-hybridized carbons (Fsp3) is 0.273. The molecule has 1 aromatic carbocycles. The molecule has 1 unspecified atom stereocenters. The Labute approximate surface area is 178 Å². The van der Waals surface area contributed by atoms with Crippen molar-refractivity contribution in [3.63, 3.8) is 0 Å². The van der Waals surface area contributed by atoms with Gasteiger partial charge >= 0.3 is 5.97 Å². The van der Waals surface area contributed by atoms with Crippen LogP contribution in [0.3, 0.4) is 0 Å². The summed E-state index contributed by atoms with van der Waals surface area (Å²) in [6, 6.07) is 11.2. The number of carboxylic acids is 1. The van der Waals surface area contributed by atoms with Crippen LogP contribution in [0.1, 0.15) is 29.3 Å². The van der Waals surface area contributed by atoms with Gasteiger partial charge in [-0.15, -0.1) is 11.3 Å². The van der Waals surface area contributed by atoms with Crippen molar-refractivity contribution < 1.29 is 19.4 Å². The number of benzene rings is 1. The summed E-state index contributed by atoms with van der Waals surface area (Å²) < 4.78 is 11.5. The van der Waals surface area contributed by atoms with Gasteiger partial charge in [0.25, 0.3) is 0 Å². The van der Waals surface area contributed by atoms with Crippen LogP contribution in [0.4, 0.5) is 0 Å². The molecule has 0 radical (unpaired) electrons. The largest absolute Gasteiger partial charge is 0.488 e. The van der Waals surface area contributed by atoms with Gasteiger partial charge in [0.05, 0.1) is 15.6 Å². The zero-order chi connectivity index (χ0) is 21.0. The number of hydrogen-bond acceptors (Lipinski definition) is 5. The van der Waals surface area contributed by atoms with Gasteiger partial charge in [0.1, 0.15) is 18.1 Å². The topological polar surface area (TPSA) is 68.7 Å². The van der Waals surface area contributed by atoms with Crippen LogP contribution >= 0.6 is 22.9 Å². The molecule has 29 heavy (non-hydrogen) atoms. The second-order valence-electron chi connectivity index (χ2n) is 6.65. The minimum atomic E-state index is -0.966. The quantitative estimate of drug-likeness (QED) is 0.480. The van der Waals surface area contributed by atoms with Gasteiger partial charge in [-0.05, 0) is 67.8 Å². The molecule has 0 saturated heterocycles. The Bertz CT molecular complexity index is 1000. The first-order valence-corrected chi connectivity index (χ1v) is 10.4. The molecular weight excluding hydrogens is 410 g/mol. The molecule has 1 atom stereocenters.